The van der Waals surface area contributed by atoms with Crippen LogP contribution in [-0.4, -0.2) is 6.61 Å². The van der Waals surface area contributed by atoms with Crippen LogP contribution in [0.1, 0.15) is 52.9 Å². The van der Waals surface area contributed by atoms with Gasteiger partial charge in [-0.15, -0.1) is 0 Å². The lowest BCUT2D eigenvalue weighted by atomic mass is 9.88. The van der Waals surface area contributed by atoms with Gasteiger partial charge in [0.25, 0.3) is 0 Å². The van der Waals surface area contributed by atoms with Crippen molar-refractivity contribution in [3.8, 4) is 0 Å². The number of ether oxygens (including phenoxy) is 1. The first-order valence-electron chi connectivity index (χ1n) is 5.35. The van der Waals surface area contributed by atoms with Gasteiger partial charge in [-0.25, -0.2) is 0 Å². The number of unbranched alkanes of at least 4 members (excludes halogenated alkanes) is 3. The predicted octanol–water partition coefficient (Wildman–Crippen LogP) is 4.14. The minimum Gasteiger partial charge on any atom is -0.501 e. The summed E-state index contributed by atoms with van der Waals surface area (Å²) in [7, 11) is 0. The third kappa shape index (κ3) is 7.89. The smallest absolute Gasteiger partial charge is 0.0923 e. The highest BCUT2D eigenvalue weighted by atomic mass is 16.5. The van der Waals surface area contributed by atoms with Crippen LogP contribution in [0.3, 0.4) is 0 Å². The molecule has 0 N–H and O–H groups in total. The summed E-state index contributed by atoms with van der Waals surface area (Å²) in [5.41, 5.74) is 0.307. The minimum atomic E-state index is 0.307. The minimum absolute atomic E-state index is 0.307. The lowest BCUT2D eigenvalue weighted by molar-refractivity contribution is 0.127. The standard InChI is InChI=1S/C12H24O/c1-5-7-8-9-10-12(3,4)11-13-6-2/h6H,2,5,7-11H2,1,3-4H3. The normalized spacial score (nSPS) is 11.3. The van der Waals surface area contributed by atoms with Gasteiger partial charge in [-0.2, -0.15) is 0 Å². The van der Waals surface area contributed by atoms with Crippen molar-refractivity contribution in [1.82, 2.24) is 0 Å². The predicted molar refractivity (Wildman–Crippen MR) is 58.7 cm³/mol. The Hall–Kier alpha value is -0.460. The van der Waals surface area contributed by atoms with E-state index in [1.54, 1.807) is 0 Å². The first kappa shape index (κ1) is 12.5. The van der Waals surface area contributed by atoms with Gasteiger partial charge in [0.2, 0.25) is 0 Å². The third-order valence-corrected chi connectivity index (χ3v) is 2.30. The van der Waals surface area contributed by atoms with Crippen molar-refractivity contribution in [3.05, 3.63) is 12.8 Å². The van der Waals surface area contributed by atoms with Crippen molar-refractivity contribution < 1.29 is 4.74 Å². The molecule has 0 fully saturated rings. The Morgan fingerprint density at radius 3 is 2.46 bits per heavy atom. The van der Waals surface area contributed by atoms with Gasteiger partial charge in [0.15, 0.2) is 0 Å². The summed E-state index contributed by atoms with van der Waals surface area (Å²) in [5, 5.41) is 0. The highest BCUT2D eigenvalue weighted by molar-refractivity contribution is 4.69. The van der Waals surface area contributed by atoms with E-state index in [-0.39, 0.29) is 0 Å². The van der Waals surface area contributed by atoms with Gasteiger partial charge in [0.05, 0.1) is 12.9 Å². The van der Waals surface area contributed by atoms with Gasteiger partial charge in [-0.3, -0.25) is 0 Å². The molecule has 0 aromatic rings. The third-order valence-electron chi connectivity index (χ3n) is 2.30. The van der Waals surface area contributed by atoms with Crippen LogP contribution < -0.4 is 0 Å². The lowest BCUT2D eigenvalue weighted by Gasteiger charge is -2.23. The molecule has 0 radical (unpaired) electrons. The molecule has 0 saturated carbocycles. The van der Waals surface area contributed by atoms with E-state index in [0.717, 1.165) is 6.61 Å². The molecule has 1 heteroatoms. The van der Waals surface area contributed by atoms with Crippen molar-refractivity contribution in [3.63, 3.8) is 0 Å². The maximum Gasteiger partial charge on any atom is 0.0923 e. The van der Waals surface area contributed by atoms with Crippen LogP contribution in [-0.2, 0) is 4.74 Å². The molecule has 0 aliphatic carbocycles. The zero-order chi connectivity index (χ0) is 10.2. The summed E-state index contributed by atoms with van der Waals surface area (Å²) in [6, 6.07) is 0. The summed E-state index contributed by atoms with van der Waals surface area (Å²) < 4.78 is 5.22. The van der Waals surface area contributed by atoms with Crippen molar-refractivity contribution in [2.45, 2.75) is 52.9 Å². The van der Waals surface area contributed by atoms with Crippen LogP contribution in [0.5, 0.6) is 0 Å². The molecule has 0 aromatic heterocycles. The lowest BCUT2D eigenvalue weighted by Crippen LogP contribution is -2.17. The molecular weight excluding hydrogens is 160 g/mol. The second kappa shape index (κ2) is 6.99. The van der Waals surface area contributed by atoms with Gasteiger partial charge in [0.1, 0.15) is 0 Å². The molecule has 78 valence electrons. The zero-order valence-corrected chi connectivity index (χ0v) is 9.44. The van der Waals surface area contributed by atoms with Gasteiger partial charge in [-0.1, -0.05) is 53.0 Å². The van der Waals surface area contributed by atoms with E-state index in [4.69, 9.17) is 4.74 Å². The van der Waals surface area contributed by atoms with Crippen LogP contribution in [0.2, 0.25) is 0 Å². The van der Waals surface area contributed by atoms with Gasteiger partial charge in [-0.05, 0) is 11.8 Å². The first-order valence-corrected chi connectivity index (χ1v) is 5.35. The molecule has 0 rings (SSSR count). The summed E-state index contributed by atoms with van der Waals surface area (Å²) in [6.07, 6.45) is 8.13. The van der Waals surface area contributed by atoms with Crippen LogP contribution >= 0.6 is 0 Å². The summed E-state index contributed by atoms with van der Waals surface area (Å²) >= 11 is 0. The van der Waals surface area contributed by atoms with E-state index >= 15 is 0 Å². The largest absolute Gasteiger partial charge is 0.501 e. The molecule has 0 unspecified atom stereocenters. The van der Waals surface area contributed by atoms with Gasteiger partial charge >= 0.3 is 0 Å². The maximum absolute atomic E-state index is 5.22. The van der Waals surface area contributed by atoms with Crippen molar-refractivity contribution in [2.75, 3.05) is 6.61 Å². The second-order valence-corrected chi connectivity index (χ2v) is 4.45. The fourth-order valence-electron chi connectivity index (χ4n) is 1.39. The van der Waals surface area contributed by atoms with Crippen LogP contribution in [0, 0.1) is 5.41 Å². The average Bonchev–Trinajstić information content (AvgIpc) is 2.09. The van der Waals surface area contributed by atoms with Gasteiger partial charge < -0.3 is 4.74 Å². The Bertz CT molecular complexity index is 127. The molecule has 0 spiro atoms. The number of rotatable bonds is 8. The topological polar surface area (TPSA) is 9.23 Å². The molecule has 0 bridgehead atoms. The molecule has 0 saturated heterocycles. The Morgan fingerprint density at radius 1 is 1.23 bits per heavy atom. The Labute approximate surface area is 83.2 Å². The second-order valence-electron chi connectivity index (χ2n) is 4.45. The highest BCUT2D eigenvalue weighted by Gasteiger charge is 2.17. The highest BCUT2D eigenvalue weighted by Crippen LogP contribution is 2.24. The monoisotopic (exact) mass is 184 g/mol. The Kier molecular flexibility index (Phi) is 6.75. The van der Waals surface area contributed by atoms with E-state index < -0.39 is 0 Å². The number of hydrogen-bond donors (Lipinski definition) is 0. The van der Waals surface area contributed by atoms with E-state index in [0.29, 0.717) is 5.41 Å². The first-order chi connectivity index (χ1) is 6.12. The molecular formula is C12H24O. The summed E-state index contributed by atoms with van der Waals surface area (Å²) in [6.45, 7) is 11.1. The molecule has 0 aliphatic rings. The quantitative estimate of drug-likeness (QED) is 0.407. The molecule has 0 amide bonds. The molecule has 1 nitrogen and oxygen atoms in total. The maximum atomic E-state index is 5.22. The van der Waals surface area contributed by atoms with E-state index in [9.17, 15) is 0 Å². The van der Waals surface area contributed by atoms with Crippen LogP contribution in [0.25, 0.3) is 0 Å². The van der Waals surface area contributed by atoms with Crippen molar-refractivity contribution >= 4 is 0 Å². The van der Waals surface area contributed by atoms with Crippen molar-refractivity contribution in [2.24, 2.45) is 5.41 Å². The Balaban J connectivity index is 3.44. The fraction of sp³-hybridized carbons (Fsp3) is 0.833. The average molecular weight is 184 g/mol. The Morgan fingerprint density at radius 2 is 1.92 bits per heavy atom. The number of hydrogen-bond acceptors (Lipinski definition) is 1. The van der Waals surface area contributed by atoms with Crippen LogP contribution in [0.15, 0.2) is 12.8 Å². The summed E-state index contributed by atoms with van der Waals surface area (Å²) in [5.74, 6) is 0. The molecule has 0 aromatic carbocycles. The molecule has 0 heterocycles. The fourth-order valence-corrected chi connectivity index (χ4v) is 1.39. The molecule has 13 heavy (non-hydrogen) atoms. The molecule has 0 atom stereocenters. The summed E-state index contributed by atoms with van der Waals surface area (Å²) in [4.78, 5) is 0. The van der Waals surface area contributed by atoms with E-state index in [1.165, 1.54) is 38.4 Å². The van der Waals surface area contributed by atoms with E-state index in [2.05, 4.69) is 27.4 Å². The van der Waals surface area contributed by atoms with Gasteiger partial charge in [0, 0.05) is 0 Å². The zero-order valence-electron chi connectivity index (χ0n) is 9.44. The van der Waals surface area contributed by atoms with E-state index in [1.807, 2.05) is 0 Å². The van der Waals surface area contributed by atoms with Crippen LogP contribution in [0.4, 0.5) is 0 Å². The molecule has 0 aliphatic heterocycles. The van der Waals surface area contributed by atoms with Crippen molar-refractivity contribution in [1.29, 1.82) is 0 Å². The SMILES string of the molecule is C=COCC(C)(C)CCCCCC.